The number of hydrogen-bond acceptors (Lipinski definition) is 3. The summed E-state index contributed by atoms with van der Waals surface area (Å²) in [5.74, 6) is 6.26. The Hall–Kier alpha value is -1.35. The van der Waals surface area contributed by atoms with Gasteiger partial charge in [0.15, 0.2) is 0 Å². The lowest BCUT2D eigenvalue weighted by molar-refractivity contribution is 0.561. The van der Waals surface area contributed by atoms with Crippen molar-refractivity contribution in [2.45, 2.75) is 26.8 Å². The van der Waals surface area contributed by atoms with Crippen LogP contribution in [0.4, 0.5) is 0 Å². The van der Waals surface area contributed by atoms with Crippen molar-refractivity contribution >= 4 is 10.0 Å². The van der Waals surface area contributed by atoms with Gasteiger partial charge in [0.05, 0.1) is 12.3 Å². The maximum Gasteiger partial charge on any atom is 0.211 e. The third kappa shape index (κ3) is 6.20. The molecule has 1 aromatic carbocycles. The molecule has 0 saturated heterocycles. The molecule has 0 bridgehead atoms. The Labute approximate surface area is 121 Å². The molecule has 0 aliphatic rings. The van der Waals surface area contributed by atoms with Gasteiger partial charge in [-0.05, 0) is 24.0 Å². The molecule has 0 amide bonds. The second kappa shape index (κ2) is 8.05. The fourth-order valence-corrected chi connectivity index (χ4v) is 2.89. The number of sulfonamides is 1. The van der Waals surface area contributed by atoms with E-state index in [1.165, 1.54) is 0 Å². The van der Waals surface area contributed by atoms with Crippen molar-refractivity contribution in [1.82, 2.24) is 4.72 Å². The van der Waals surface area contributed by atoms with Gasteiger partial charge in [-0.1, -0.05) is 43.9 Å². The quantitative estimate of drug-likeness (QED) is 0.780. The van der Waals surface area contributed by atoms with Gasteiger partial charge in [-0.15, -0.1) is 0 Å². The standard InChI is InChI=1S/C15H22N2O2S/c1-13(2)9-11-20(18,19)17-12-15-7-4-3-6-14(15)8-5-10-16/h3-4,6-7,13,17H,9-12,16H2,1-2H3. The molecule has 0 saturated carbocycles. The van der Waals surface area contributed by atoms with E-state index in [1.54, 1.807) is 0 Å². The molecule has 0 aliphatic carbocycles. The molecule has 0 heterocycles. The predicted octanol–water partition coefficient (Wildman–Crippen LogP) is 1.46. The van der Waals surface area contributed by atoms with Crippen LogP contribution in [0.2, 0.25) is 0 Å². The highest BCUT2D eigenvalue weighted by Crippen LogP contribution is 2.08. The van der Waals surface area contributed by atoms with E-state index in [9.17, 15) is 8.42 Å². The van der Waals surface area contributed by atoms with Gasteiger partial charge in [0.25, 0.3) is 0 Å². The van der Waals surface area contributed by atoms with E-state index in [2.05, 4.69) is 16.6 Å². The summed E-state index contributed by atoms with van der Waals surface area (Å²) in [4.78, 5) is 0. The summed E-state index contributed by atoms with van der Waals surface area (Å²) in [6.45, 7) is 4.56. The molecular formula is C15H22N2O2S. The summed E-state index contributed by atoms with van der Waals surface area (Å²) >= 11 is 0. The maximum atomic E-state index is 11.9. The lowest BCUT2D eigenvalue weighted by Gasteiger charge is -2.09. The largest absolute Gasteiger partial charge is 0.320 e. The second-order valence-corrected chi connectivity index (χ2v) is 6.91. The normalized spacial score (nSPS) is 11.2. The zero-order valence-corrected chi connectivity index (χ0v) is 12.8. The highest BCUT2D eigenvalue weighted by molar-refractivity contribution is 7.89. The summed E-state index contributed by atoms with van der Waals surface area (Å²) < 4.78 is 26.4. The van der Waals surface area contributed by atoms with Gasteiger partial charge in [-0.3, -0.25) is 0 Å². The maximum absolute atomic E-state index is 11.9. The van der Waals surface area contributed by atoms with Gasteiger partial charge in [0.2, 0.25) is 10.0 Å². The Morgan fingerprint density at radius 3 is 2.65 bits per heavy atom. The van der Waals surface area contributed by atoms with Crippen molar-refractivity contribution in [3.63, 3.8) is 0 Å². The summed E-state index contributed by atoms with van der Waals surface area (Å²) in [6, 6.07) is 7.47. The molecule has 1 rings (SSSR count). The lowest BCUT2D eigenvalue weighted by atomic mass is 10.1. The van der Waals surface area contributed by atoms with E-state index in [4.69, 9.17) is 5.73 Å². The average molecular weight is 294 g/mol. The minimum atomic E-state index is -3.23. The summed E-state index contributed by atoms with van der Waals surface area (Å²) in [5.41, 5.74) is 7.02. The van der Waals surface area contributed by atoms with Crippen LogP contribution in [-0.4, -0.2) is 20.7 Å². The fourth-order valence-electron chi connectivity index (χ4n) is 1.59. The Balaban J connectivity index is 2.70. The Kier molecular flexibility index (Phi) is 6.73. The van der Waals surface area contributed by atoms with Crippen molar-refractivity contribution in [2.75, 3.05) is 12.3 Å². The van der Waals surface area contributed by atoms with E-state index >= 15 is 0 Å². The monoisotopic (exact) mass is 294 g/mol. The number of benzene rings is 1. The molecule has 4 nitrogen and oxygen atoms in total. The number of hydrogen-bond donors (Lipinski definition) is 2. The van der Waals surface area contributed by atoms with E-state index in [-0.39, 0.29) is 18.8 Å². The first-order valence-corrected chi connectivity index (χ1v) is 8.34. The molecule has 0 unspecified atom stereocenters. The zero-order valence-electron chi connectivity index (χ0n) is 12.0. The first-order valence-electron chi connectivity index (χ1n) is 6.69. The minimum absolute atomic E-state index is 0.154. The van der Waals surface area contributed by atoms with Crippen LogP contribution in [0.5, 0.6) is 0 Å². The first-order chi connectivity index (χ1) is 9.44. The van der Waals surface area contributed by atoms with Crippen molar-refractivity contribution in [3.05, 3.63) is 35.4 Å². The highest BCUT2D eigenvalue weighted by atomic mass is 32.2. The van der Waals surface area contributed by atoms with E-state index in [1.807, 2.05) is 38.1 Å². The lowest BCUT2D eigenvalue weighted by Crippen LogP contribution is -2.26. The molecule has 0 spiro atoms. The van der Waals surface area contributed by atoms with Crippen molar-refractivity contribution in [3.8, 4) is 11.8 Å². The molecule has 5 heteroatoms. The predicted molar refractivity (Wildman–Crippen MR) is 82.5 cm³/mol. The van der Waals surface area contributed by atoms with Gasteiger partial charge in [-0.2, -0.15) is 0 Å². The molecule has 0 radical (unpaired) electrons. The van der Waals surface area contributed by atoms with Gasteiger partial charge < -0.3 is 5.73 Å². The SMILES string of the molecule is CC(C)CCS(=O)(=O)NCc1ccccc1C#CCN. The van der Waals surface area contributed by atoms with Crippen molar-refractivity contribution in [1.29, 1.82) is 0 Å². The van der Waals surface area contributed by atoms with Crippen molar-refractivity contribution in [2.24, 2.45) is 11.7 Å². The van der Waals surface area contributed by atoms with Crippen LogP contribution in [0.3, 0.4) is 0 Å². The summed E-state index contributed by atoms with van der Waals surface area (Å²) in [6.07, 6.45) is 0.657. The third-order valence-corrected chi connectivity index (χ3v) is 4.15. The van der Waals surface area contributed by atoms with E-state index in [0.29, 0.717) is 12.3 Å². The minimum Gasteiger partial charge on any atom is -0.320 e. The van der Waals surface area contributed by atoms with Crippen LogP contribution in [0.1, 0.15) is 31.4 Å². The number of rotatable bonds is 6. The Morgan fingerprint density at radius 2 is 2.00 bits per heavy atom. The summed E-state index contributed by atoms with van der Waals surface area (Å²) in [7, 11) is -3.23. The molecular weight excluding hydrogens is 272 g/mol. The molecule has 0 atom stereocenters. The van der Waals surface area contributed by atoms with Crippen LogP contribution in [0.25, 0.3) is 0 Å². The smallest absolute Gasteiger partial charge is 0.211 e. The fraction of sp³-hybridized carbons (Fsp3) is 0.467. The molecule has 0 aliphatic heterocycles. The van der Waals surface area contributed by atoms with Crippen LogP contribution in [-0.2, 0) is 16.6 Å². The van der Waals surface area contributed by atoms with E-state index < -0.39 is 10.0 Å². The number of nitrogens with one attached hydrogen (secondary N) is 1. The molecule has 0 fully saturated rings. The highest BCUT2D eigenvalue weighted by Gasteiger charge is 2.11. The van der Waals surface area contributed by atoms with Gasteiger partial charge in [-0.25, -0.2) is 13.1 Å². The van der Waals surface area contributed by atoms with Gasteiger partial charge in [0.1, 0.15) is 0 Å². The van der Waals surface area contributed by atoms with Crippen LogP contribution < -0.4 is 10.5 Å². The van der Waals surface area contributed by atoms with Gasteiger partial charge in [0, 0.05) is 12.1 Å². The molecule has 0 aromatic heterocycles. The first kappa shape index (κ1) is 16.7. The molecule has 110 valence electrons. The average Bonchev–Trinajstić information content (AvgIpc) is 2.42. The van der Waals surface area contributed by atoms with Crippen LogP contribution >= 0.6 is 0 Å². The van der Waals surface area contributed by atoms with Crippen LogP contribution in [0, 0.1) is 17.8 Å². The van der Waals surface area contributed by atoms with Gasteiger partial charge >= 0.3 is 0 Å². The zero-order chi connectivity index (χ0) is 15.0. The van der Waals surface area contributed by atoms with Crippen molar-refractivity contribution < 1.29 is 8.42 Å². The molecule has 1 aromatic rings. The third-order valence-electron chi connectivity index (χ3n) is 2.79. The van der Waals surface area contributed by atoms with E-state index in [0.717, 1.165) is 11.1 Å². The summed E-state index contributed by atoms with van der Waals surface area (Å²) in [5, 5.41) is 0. The van der Waals surface area contributed by atoms with Crippen LogP contribution in [0.15, 0.2) is 24.3 Å². The Bertz CT molecular complexity index is 583. The second-order valence-electron chi connectivity index (χ2n) is 4.99. The Morgan fingerprint density at radius 1 is 1.30 bits per heavy atom. The molecule has 3 N–H and O–H groups in total. The number of nitrogens with two attached hydrogens (primary N) is 1. The topological polar surface area (TPSA) is 72.2 Å². The molecule has 20 heavy (non-hydrogen) atoms.